The van der Waals surface area contributed by atoms with Crippen LogP contribution in [-0.2, 0) is 4.79 Å². The van der Waals surface area contributed by atoms with Gasteiger partial charge in [0.15, 0.2) is 5.69 Å². The van der Waals surface area contributed by atoms with Gasteiger partial charge in [0.25, 0.3) is 5.91 Å². The highest BCUT2D eigenvalue weighted by molar-refractivity contribution is 5.92. The monoisotopic (exact) mass is 280 g/mol. The summed E-state index contributed by atoms with van der Waals surface area (Å²) < 4.78 is 4.88. The Morgan fingerprint density at radius 2 is 2.15 bits per heavy atom. The lowest BCUT2D eigenvalue weighted by atomic mass is 10.0. The van der Waals surface area contributed by atoms with E-state index < -0.39 is 0 Å². The molecule has 0 spiro atoms. The van der Waals surface area contributed by atoms with E-state index in [1.807, 2.05) is 0 Å². The molecule has 7 nitrogen and oxygen atoms in total. The molecule has 1 fully saturated rings. The van der Waals surface area contributed by atoms with Crippen molar-refractivity contribution < 1.29 is 14.1 Å². The SMILES string of the molecule is CNC(=O)CN1CCC(NC(=O)c2cc(C)on2)CC1. The van der Waals surface area contributed by atoms with Gasteiger partial charge in [-0.1, -0.05) is 5.16 Å². The minimum atomic E-state index is -0.202. The minimum Gasteiger partial charge on any atom is -0.361 e. The second-order valence-electron chi connectivity index (χ2n) is 5.02. The van der Waals surface area contributed by atoms with Crippen LogP contribution in [0.25, 0.3) is 0 Å². The maximum atomic E-state index is 11.9. The lowest BCUT2D eigenvalue weighted by molar-refractivity contribution is -0.122. The largest absolute Gasteiger partial charge is 0.361 e. The molecule has 110 valence electrons. The molecule has 0 radical (unpaired) electrons. The molecule has 20 heavy (non-hydrogen) atoms. The van der Waals surface area contributed by atoms with Crippen molar-refractivity contribution in [3.05, 3.63) is 17.5 Å². The molecule has 0 aromatic carbocycles. The van der Waals surface area contributed by atoms with Crippen molar-refractivity contribution in [2.75, 3.05) is 26.7 Å². The summed E-state index contributed by atoms with van der Waals surface area (Å²) >= 11 is 0. The summed E-state index contributed by atoms with van der Waals surface area (Å²) in [6.07, 6.45) is 1.67. The molecule has 1 saturated heterocycles. The number of carbonyl (C=O) groups excluding carboxylic acids is 2. The first-order valence-electron chi connectivity index (χ1n) is 6.75. The molecule has 1 aliphatic rings. The predicted octanol–water partition coefficient (Wildman–Crippen LogP) is -0.0768. The number of hydrogen-bond acceptors (Lipinski definition) is 5. The number of likely N-dealkylation sites (N-methyl/N-ethyl adjacent to an activating group) is 1. The average Bonchev–Trinajstić information content (AvgIpc) is 2.87. The van der Waals surface area contributed by atoms with Crippen LogP contribution in [0, 0.1) is 6.92 Å². The van der Waals surface area contributed by atoms with E-state index in [0.717, 1.165) is 25.9 Å². The van der Waals surface area contributed by atoms with Gasteiger partial charge in [-0.25, -0.2) is 0 Å². The number of aryl methyl sites for hydroxylation is 1. The maximum absolute atomic E-state index is 11.9. The lowest BCUT2D eigenvalue weighted by Crippen LogP contribution is -2.47. The molecule has 0 aliphatic carbocycles. The Hall–Kier alpha value is -1.89. The fourth-order valence-electron chi connectivity index (χ4n) is 2.25. The van der Waals surface area contributed by atoms with E-state index in [1.54, 1.807) is 20.0 Å². The first kappa shape index (κ1) is 14.5. The first-order chi connectivity index (χ1) is 9.58. The molecule has 2 N–H and O–H groups in total. The van der Waals surface area contributed by atoms with Gasteiger partial charge in [-0.15, -0.1) is 0 Å². The molecule has 0 saturated carbocycles. The quantitative estimate of drug-likeness (QED) is 0.805. The van der Waals surface area contributed by atoms with Crippen molar-refractivity contribution in [3.63, 3.8) is 0 Å². The van der Waals surface area contributed by atoms with Gasteiger partial charge in [0.2, 0.25) is 5.91 Å². The van der Waals surface area contributed by atoms with Crippen LogP contribution in [0.15, 0.2) is 10.6 Å². The number of hydrogen-bond donors (Lipinski definition) is 2. The third kappa shape index (κ3) is 3.80. The number of rotatable bonds is 4. The van der Waals surface area contributed by atoms with Crippen molar-refractivity contribution in [2.24, 2.45) is 0 Å². The summed E-state index contributed by atoms with van der Waals surface area (Å²) in [6, 6.07) is 1.75. The van der Waals surface area contributed by atoms with Gasteiger partial charge in [0.05, 0.1) is 6.54 Å². The van der Waals surface area contributed by atoms with Gasteiger partial charge in [-0.05, 0) is 19.8 Å². The summed E-state index contributed by atoms with van der Waals surface area (Å²) in [4.78, 5) is 25.3. The van der Waals surface area contributed by atoms with Gasteiger partial charge >= 0.3 is 0 Å². The summed E-state index contributed by atoms with van der Waals surface area (Å²) in [5.41, 5.74) is 0.315. The molecule has 0 atom stereocenters. The van der Waals surface area contributed by atoms with E-state index in [9.17, 15) is 9.59 Å². The van der Waals surface area contributed by atoms with Crippen molar-refractivity contribution in [2.45, 2.75) is 25.8 Å². The highest BCUT2D eigenvalue weighted by Gasteiger charge is 2.23. The van der Waals surface area contributed by atoms with E-state index in [1.165, 1.54) is 0 Å². The number of likely N-dealkylation sites (tertiary alicyclic amines) is 1. The zero-order valence-corrected chi connectivity index (χ0v) is 11.8. The molecule has 7 heteroatoms. The van der Waals surface area contributed by atoms with E-state index in [4.69, 9.17) is 4.52 Å². The fourth-order valence-corrected chi connectivity index (χ4v) is 2.25. The highest BCUT2D eigenvalue weighted by atomic mass is 16.5. The Morgan fingerprint density at radius 1 is 1.45 bits per heavy atom. The van der Waals surface area contributed by atoms with Crippen molar-refractivity contribution >= 4 is 11.8 Å². The zero-order valence-electron chi connectivity index (χ0n) is 11.8. The van der Waals surface area contributed by atoms with Gasteiger partial charge in [0, 0.05) is 32.2 Å². The molecule has 2 rings (SSSR count). The van der Waals surface area contributed by atoms with Gasteiger partial charge in [-0.2, -0.15) is 0 Å². The number of carbonyl (C=O) groups is 2. The smallest absolute Gasteiger partial charge is 0.273 e. The number of nitrogens with zero attached hydrogens (tertiary/aromatic N) is 2. The molecule has 2 amide bonds. The Morgan fingerprint density at radius 3 is 2.70 bits per heavy atom. The molecule has 1 aromatic heterocycles. The lowest BCUT2D eigenvalue weighted by Gasteiger charge is -2.31. The Bertz CT molecular complexity index is 478. The molecule has 2 heterocycles. The Labute approximate surface area is 117 Å². The minimum absolute atomic E-state index is 0.0190. The topological polar surface area (TPSA) is 87.5 Å². The van der Waals surface area contributed by atoms with Crippen LogP contribution in [0.1, 0.15) is 29.1 Å². The Kier molecular flexibility index (Phi) is 4.73. The summed E-state index contributed by atoms with van der Waals surface area (Å²) in [7, 11) is 1.63. The first-order valence-corrected chi connectivity index (χ1v) is 6.75. The number of aromatic nitrogens is 1. The number of amides is 2. The van der Waals surface area contributed by atoms with Crippen LogP contribution in [0.5, 0.6) is 0 Å². The van der Waals surface area contributed by atoms with E-state index >= 15 is 0 Å². The van der Waals surface area contributed by atoms with Crippen molar-refractivity contribution in [1.29, 1.82) is 0 Å². The summed E-state index contributed by atoms with van der Waals surface area (Å²) in [5.74, 6) is 0.438. The third-order valence-corrected chi connectivity index (χ3v) is 3.43. The van der Waals surface area contributed by atoms with Crippen LogP contribution < -0.4 is 10.6 Å². The Balaban J connectivity index is 1.77. The normalized spacial score (nSPS) is 16.9. The van der Waals surface area contributed by atoms with Crippen LogP contribution in [0.4, 0.5) is 0 Å². The van der Waals surface area contributed by atoms with Crippen LogP contribution in [-0.4, -0.2) is 54.6 Å². The van der Waals surface area contributed by atoms with Gasteiger partial charge in [-0.3, -0.25) is 14.5 Å². The fraction of sp³-hybridized carbons (Fsp3) is 0.615. The van der Waals surface area contributed by atoms with Crippen LogP contribution in [0.2, 0.25) is 0 Å². The molecule has 0 bridgehead atoms. The molecule has 1 aliphatic heterocycles. The summed E-state index contributed by atoms with van der Waals surface area (Å²) in [6.45, 7) is 3.77. The van der Waals surface area contributed by atoms with Crippen LogP contribution >= 0.6 is 0 Å². The second kappa shape index (κ2) is 6.51. The maximum Gasteiger partial charge on any atom is 0.273 e. The van der Waals surface area contributed by atoms with Crippen molar-refractivity contribution in [1.82, 2.24) is 20.7 Å². The van der Waals surface area contributed by atoms with Gasteiger partial charge in [0.1, 0.15) is 5.76 Å². The third-order valence-electron chi connectivity index (χ3n) is 3.43. The number of piperidine rings is 1. The van der Waals surface area contributed by atoms with Gasteiger partial charge < -0.3 is 15.2 Å². The highest BCUT2D eigenvalue weighted by Crippen LogP contribution is 2.11. The van der Waals surface area contributed by atoms with E-state index in [0.29, 0.717) is 18.0 Å². The molecule has 1 aromatic rings. The van der Waals surface area contributed by atoms with E-state index in [-0.39, 0.29) is 17.9 Å². The standard InChI is InChI=1S/C13H20N4O3/c1-9-7-11(16-20-9)13(19)15-10-3-5-17(6-4-10)8-12(18)14-2/h7,10H,3-6,8H2,1-2H3,(H,14,18)(H,15,19). The van der Waals surface area contributed by atoms with Crippen LogP contribution in [0.3, 0.4) is 0 Å². The molecular formula is C13H20N4O3. The second-order valence-corrected chi connectivity index (χ2v) is 5.02. The average molecular weight is 280 g/mol. The predicted molar refractivity (Wildman–Crippen MR) is 72.2 cm³/mol. The molecular weight excluding hydrogens is 260 g/mol. The molecule has 0 unspecified atom stereocenters. The van der Waals surface area contributed by atoms with Crippen molar-refractivity contribution in [3.8, 4) is 0 Å². The zero-order chi connectivity index (χ0) is 14.5. The summed E-state index contributed by atoms with van der Waals surface area (Å²) in [5, 5.41) is 9.25. The number of nitrogens with one attached hydrogen (secondary N) is 2. The van der Waals surface area contributed by atoms with E-state index in [2.05, 4.69) is 20.7 Å².